The maximum Gasteiger partial charge on any atom is 0.347 e. The fraction of sp³-hybridized carbons (Fsp3) is 0.385. The molecule has 1 aliphatic heterocycles. The summed E-state index contributed by atoms with van der Waals surface area (Å²) >= 11 is 0. The number of fused-ring (bicyclic) bond motifs is 1. The normalized spacial score (nSPS) is 18.2. The van der Waals surface area contributed by atoms with Crippen molar-refractivity contribution in [3.63, 3.8) is 0 Å². The quantitative estimate of drug-likeness (QED) is 0.747. The minimum Gasteiger partial charge on any atom is -0.463 e. The number of carbonyl (C=O) groups excluding carboxylic acids is 2. The zero-order valence-electron chi connectivity index (χ0n) is 9.64. The molecule has 4 nitrogen and oxygen atoms in total. The molecule has 1 aliphatic rings. The highest BCUT2D eigenvalue weighted by Crippen LogP contribution is 2.21. The summed E-state index contributed by atoms with van der Waals surface area (Å²) in [7, 11) is 0. The number of cyclic esters (lactones) is 1. The molecule has 0 fully saturated rings. The highest BCUT2D eigenvalue weighted by molar-refractivity contribution is 5.94. The summed E-state index contributed by atoms with van der Waals surface area (Å²) < 4.78 is 10.0. The van der Waals surface area contributed by atoms with E-state index in [1.807, 2.05) is 19.1 Å². The summed E-state index contributed by atoms with van der Waals surface area (Å²) in [6.45, 7) is 2.27. The molecule has 0 bridgehead atoms. The second-order valence-corrected chi connectivity index (χ2v) is 3.92. The van der Waals surface area contributed by atoms with Crippen molar-refractivity contribution in [1.29, 1.82) is 0 Å². The molecular weight excluding hydrogens is 220 g/mol. The molecule has 0 aromatic heterocycles. The third-order valence-electron chi connectivity index (χ3n) is 2.60. The van der Waals surface area contributed by atoms with Crippen molar-refractivity contribution < 1.29 is 19.1 Å². The lowest BCUT2D eigenvalue weighted by Crippen LogP contribution is -2.35. The molecule has 90 valence electrons. The van der Waals surface area contributed by atoms with Gasteiger partial charge >= 0.3 is 11.9 Å². The van der Waals surface area contributed by atoms with Crippen LogP contribution in [0.5, 0.6) is 0 Å². The number of benzene rings is 1. The van der Waals surface area contributed by atoms with E-state index in [1.165, 1.54) is 0 Å². The van der Waals surface area contributed by atoms with Crippen LogP contribution in [0.2, 0.25) is 0 Å². The Balaban J connectivity index is 2.11. The summed E-state index contributed by atoms with van der Waals surface area (Å²) in [6.07, 6.45) is 0.344. The number of ether oxygens (including phenoxy) is 2. The molecule has 0 spiro atoms. The molecule has 1 heterocycles. The maximum absolute atomic E-state index is 11.6. The summed E-state index contributed by atoms with van der Waals surface area (Å²) in [5, 5.41) is 0. The first kappa shape index (κ1) is 11.6. The minimum atomic E-state index is -0.802. The number of hydrogen-bond acceptors (Lipinski definition) is 4. The van der Waals surface area contributed by atoms with Crippen LogP contribution in [0.15, 0.2) is 24.3 Å². The molecule has 0 unspecified atom stereocenters. The van der Waals surface area contributed by atoms with E-state index >= 15 is 0 Å². The molecule has 0 radical (unpaired) electrons. The molecule has 4 heteroatoms. The van der Waals surface area contributed by atoms with Gasteiger partial charge < -0.3 is 9.47 Å². The number of esters is 2. The van der Waals surface area contributed by atoms with Crippen LogP contribution in [0.4, 0.5) is 0 Å². The largest absolute Gasteiger partial charge is 0.463 e. The van der Waals surface area contributed by atoms with Crippen LogP contribution in [0.25, 0.3) is 0 Å². The van der Waals surface area contributed by atoms with Crippen molar-refractivity contribution in [2.75, 3.05) is 6.61 Å². The first-order valence-corrected chi connectivity index (χ1v) is 5.68. The van der Waals surface area contributed by atoms with Crippen molar-refractivity contribution in [2.45, 2.75) is 25.9 Å². The third-order valence-corrected chi connectivity index (χ3v) is 2.60. The lowest BCUT2D eigenvalue weighted by molar-refractivity contribution is -0.154. The van der Waals surface area contributed by atoms with Crippen LogP contribution < -0.4 is 0 Å². The zero-order chi connectivity index (χ0) is 12.3. The van der Waals surface area contributed by atoms with E-state index in [9.17, 15) is 9.59 Å². The summed E-state index contributed by atoms with van der Waals surface area (Å²) in [4.78, 5) is 23.3. The van der Waals surface area contributed by atoms with Crippen molar-refractivity contribution in [3.8, 4) is 0 Å². The van der Waals surface area contributed by atoms with Gasteiger partial charge in [-0.25, -0.2) is 9.59 Å². The van der Waals surface area contributed by atoms with Gasteiger partial charge in [-0.3, -0.25) is 0 Å². The monoisotopic (exact) mass is 234 g/mol. The van der Waals surface area contributed by atoms with E-state index in [4.69, 9.17) is 9.47 Å². The van der Waals surface area contributed by atoms with Crippen LogP contribution in [0.3, 0.4) is 0 Å². The van der Waals surface area contributed by atoms with E-state index < -0.39 is 18.0 Å². The van der Waals surface area contributed by atoms with E-state index in [2.05, 4.69) is 0 Å². The van der Waals surface area contributed by atoms with Crippen LogP contribution in [-0.4, -0.2) is 24.6 Å². The average molecular weight is 234 g/mol. The number of rotatable bonds is 3. The lowest BCUT2D eigenvalue weighted by Gasteiger charge is -2.22. The van der Waals surface area contributed by atoms with Crippen molar-refractivity contribution >= 4 is 11.9 Å². The van der Waals surface area contributed by atoms with Crippen LogP contribution in [0.1, 0.15) is 29.3 Å². The Bertz CT molecular complexity index is 439. The Morgan fingerprint density at radius 1 is 1.47 bits per heavy atom. The molecule has 0 aliphatic carbocycles. The Kier molecular flexibility index (Phi) is 3.42. The van der Waals surface area contributed by atoms with Gasteiger partial charge in [-0.2, -0.15) is 0 Å². The Labute approximate surface area is 99.5 Å². The lowest BCUT2D eigenvalue weighted by atomic mass is 9.99. The predicted molar refractivity (Wildman–Crippen MR) is 60.6 cm³/mol. The van der Waals surface area contributed by atoms with Crippen LogP contribution >= 0.6 is 0 Å². The minimum absolute atomic E-state index is 0.356. The first-order valence-electron chi connectivity index (χ1n) is 5.68. The van der Waals surface area contributed by atoms with E-state index in [0.717, 1.165) is 12.0 Å². The van der Waals surface area contributed by atoms with Gasteiger partial charge in [0.25, 0.3) is 0 Å². The number of carbonyl (C=O) groups is 2. The molecular formula is C13H14O4. The van der Waals surface area contributed by atoms with E-state index in [-0.39, 0.29) is 0 Å². The molecule has 1 aromatic rings. The predicted octanol–water partition coefficient (Wildman–Crippen LogP) is 1.72. The van der Waals surface area contributed by atoms with Crippen molar-refractivity contribution in [1.82, 2.24) is 0 Å². The fourth-order valence-corrected chi connectivity index (χ4v) is 1.76. The standard InChI is InChI=1S/C13H14O4/c1-2-7-16-13(15)11-8-9-5-3-4-6-10(9)12(14)17-11/h3-6,11H,2,7-8H2,1H3/t11-/m0/s1. The first-order chi connectivity index (χ1) is 8.22. The highest BCUT2D eigenvalue weighted by atomic mass is 16.6. The van der Waals surface area contributed by atoms with Gasteiger partial charge in [0, 0.05) is 6.42 Å². The number of hydrogen-bond donors (Lipinski definition) is 0. The van der Waals surface area contributed by atoms with Gasteiger partial charge in [-0.05, 0) is 18.1 Å². The van der Waals surface area contributed by atoms with Crippen molar-refractivity contribution in [3.05, 3.63) is 35.4 Å². The molecule has 0 saturated heterocycles. The van der Waals surface area contributed by atoms with Gasteiger partial charge in [0.2, 0.25) is 6.10 Å². The molecule has 17 heavy (non-hydrogen) atoms. The fourth-order valence-electron chi connectivity index (χ4n) is 1.76. The smallest absolute Gasteiger partial charge is 0.347 e. The molecule has 1 aromatic carbocycles. The zero-order valence-corrected chi connectivity index (χ0v) is 9.64. The molecule has 0 saturated carbocycles. The topological polar surface area (TPSA) is 52.6 Å². The molecule has 1 atom stereocenters. The highest BCUT2D eigenvalue weighted by Gasteiger charge is 2.31. The molecule has 0 amide bonds. The Hall–Kier alpha value is -1.84. The second-order valence-electron chi connectivity index (χ2n) is 3.92. The van der Waals surface area contributed by atoms with Gasteiger partial charge in [0.1, 0.15) is 0 Å². The molecule has 2 rings (SSSR count). The van der Waals surface area contributed by atoms with E-state index in [1.54, 1.807) is 12.1 Å². The van der Waals surface area contributed by atoms with Gasteiger partial charge in [0.15, 0.2) is 0 Å². The maximum atomic E-state index is 11.6. The summed E-state index contributed by atoms with van der Waals surface area (Å²) in [5.74, 6) is -0.917. The van der Waals surface area contributed by atoms with Crippen LogP contribution in [-0.2, 0) is 20.7 Å². The average Bonchev–Trinajstić information content (AvgIpc) is 2.36. The van der Waals surface area contributed by atoms with Crippen LogP contribution in [0, 0.1) is 0 Å². The van der Waals surface area contributed by atoms with Crippen molar-refractivity contribution in [2.24, 2.45) is 0 Å². The van der Waals surface area contributed by atoms with Gasteiger partial charge in [0.05, 0.1) is 12.2 Å². The third kappa shape index (κ3) is 2.46. The summed E-state index contributed by atoms with van der Waals surface area (Å²) in [5.41, 5.74) is 1.37. The van der Waals surface area contributed by atoms with Gasteiger partial charge in [-0.1, -0.05) is 25.1 Å². The SMILES string of the molecule is CCCOC(=O)[C@@H]1Cc2ccccc2C(=O)O1. The molecule has 0 N–H and O–H groups in total. The van der Waals surface area contributed by atoms with E-state index in [0.29, 0.717) is 18.6 Å². The second kappa shape index (κ2) is 4.99. The summed E-state index contributed by atoms with van der Waals surface area (Å²) in [6, 6.07) is 7.14. The van der Waals surface area contributed by atoms with Gasteiger partial charge in [-0.15, -0.1) is 0 Å². The Morgan fingerprint density at radius 2 is 2.24 bits per heavy atom. The Morgan fingerprint density at radius 3 is 3.00 bits per heavy atom.